The minimum absolute atomic E-state index is 0.0228. The fourth-order valence-corrected chi connectivity index (χ4v) is 6.44. The van der Waals surface area contributed by atoms with Gasteiger partial charge in [0.25, 0.3) is 5.91 Å². The molecular formula is C33H44N6O3. The lowest BCUT2D eigenvalue weighted by Gasteiger charge is -2.43. The van der Waals surface area contributed by atoms with Gasteiger partial charge in [-0.3, -0.25) is 18.6 Å². The number of amides is 1. The number of imidazole rings is 1. The second-order valence-electron chi connectivity index (χ2n) is 13.8. The van der Waals surface area contributed by atoms with Crippen molar-refractivity contribution in [2.24, 2.45) is 23.8 Å². The number of hydrogen-bond acceptors (Lipinski definition) is 5. The average Bonchev–Trinajstić information content (AvgIpc) is 3.55. The minimum Gasteiger partial charge on any atom is -0.507 e. The molecule has 5 rings (SSSR count). The van der Waals surface area contributed by atoms with Crippen LogP contribution in [0.2, 0.25) is 0 Å². The molecule has 0 spiro atoms. The fourth-order valence-electron chi connectivity index (χ4n) is 6.44. The van der Waals surface area contributed by atoms with Crippen LogP contribution in [0.4, 0.5) is 0 Å². The van der Waals surface area contributed by atoms with E-state index in [4.69, 9.17) is 4.98 Å². The van der Waals surface area contributed by atoms with Crippen molar-refractivity contribution in [1.29, 1.82) is 0 Å². The summed E-state index contributed by atoms with van der Waals surface area (Å²) in [5, 5.41) is 17.7. The molecule has 3 atom stereocenters. The van der Waals surface area contributed by atoms with Gasteiger partial charge >= 0.3 is 5.69 Å². The van der Waals surface area contributed by atoms with Crippen LogP contribution < -0.4 is 11.0 Å². The number of aromatic nitrogens is 5. The molecule has 0 radical (unpaired) electrons. The van der Waals surface area contributed by atoms with Gasteiger partial charge in [0.2, 0.25) is 0 Å². The number of aryl methyl sites for hydroxylation is 1. The third kappa shape index (κ3) is 6.15. The van der Waals surface area contributed by atoms with E-state index in [2.05, 4.69) is 57.2 Å². The summed E-state index contributed by atoms with van der Waals surface area (Å²) in [7, 11) is 1.81. The molecule has 1 aliphatic carbocycles. The van der Waals surface area contributed by atoms with Gasteiger partial charge in [-0.2, -0.15) is 5.10 Å². The number of fused-ring (bicyclic) bond motifs is 1. The van der Waals surface area contributed by atoms with Gasteiger partial charge in [0.1, 0.15) is 5.75 Å². The standard InChI is InChI=1S/C33H44N6O3/c1-32(2,3)21-38-27-13-12-26(36-29(27)37(6)31(38)42)22-14-15-33(4,5)23(18-22)19-24(39-17-9-16-35-39)20-34-30(41)25-10-7-8-11-28(25)40/h7-13,16-17,22-24,40H,14-15,18-21H2,1-6H3,(H,34,41). The highest BCUT2D eigenvalue weighted by atomic mass is 16.3. The summed E-state index contributed by atoms with van der Waals surface area (Å²) in [5.41, 5.74) is 2.98. The first-order chi connectivity index (χ1) is 19.8. The van der Waals surface area contributed by atoms with E-state index in [1.54, 1.807) is 29.0 Å². The number of aromatic hydroxyl groups is 1. The quantitative estimate of drug-likeness (QED) is 0.284. The van der Waals surface area contributed by atoms with Gasteiger partial charge < -0.3 is 10.4 Å². The van der Waals surface area contributed by atoms with Crippen molar-refractivity contribution in [2.75, 3.05) is 6.54 Å². The zero-order chi connectivity index (χ0) is 30.2. The number of nitrogens with zero attached hydrogens (tertiary/aromatic N) is 5. The van der Waals surface area contributed by atoms with E-state index in [-0.39, 0.29) is 45.7 Å². The van der Waals surface area contributed by atoms with Crippen LogP contribution in [-0.2, 0) is 13.6 Å². The predicted octanol–water partition coefficient (Wildman–Crippen LogP) is 5.65. The molecule has 0 bridgehead atoms. The molecule has 224 valence electrons. The van der Waals surface area contributed by atoms with E-state index in [0.717, 1.165) is 42.5 Å². The third-order valence-electron chi connectivity index (χ3n) is 8.97. The zero-order valence-corrected chi connectivity index (χ0v) is 25.7. The molecular weight excluding hydrogens is 528 g/mol. The number of rotatable bonds is 8. The van der Waals surface area contributed by atoms with Crippen molar-refractivity contribution in [3.8, 4) is 5.75 Å². The number of benzene rings is 1. The van der Waals surface area contributed by atoms with Crippen molar-refractivity contribution in [3.63, 3.8) is 0 Å². The number of phenols is 1. The van der Waals surface area contributed by atoms with E-state index in [9.17, 15) is 14.7 Å². The Morgan fingerprint density at radius 1 is 1.17 bits per heavy atom. The highest BCUT2D eigenvalue weighted by Gasteiger charge is 2.39. The van der Waals surface area contributed by atoms with Gasteiger partial charge in [-0.05, 0) is 72.8 Å². The first-order valence-electron chi connectivity index (χ1n) is 15.0. The Morgan fingerprint density at radius 2 is 1.93 bits per heavy atom. The summed E-state index contributed by atoms with van der Waals surface area (Å²) in [4.78, 5) is 31.0. The molecule has 1 amide bonds. The van der Waals surface area contributed by atoms with Crippen molar-refractivity contribution in [1.82, 2.24) is 29.2 Å². The van der Waals surface area contributed by atoms with E-state index >= 15 is 0 Å². The van der Waals surface area contributed by atoms with Gasteiger partial charge in [-0.1, -0.05) is 46.8 Å². The first kappa shape index (κ1) is 29.6. The fraction of sp³-hybridized carbons (Fsp3) is 0.515. The van der Waals surface area contributed by atoms with Gasteiger partial charge in [0, 0.05) is 44.1 Å². The lowest BCUT2D eigenvalue weighted by molar-refractivity contribution is 0.0884. The van der Waals surface area contributed by atoms with Crippen LogP contribution >= 0.6 is 0 Å². The van der Waals surface area contributed by atoms with Crippen molar-refractivity contribution in [2.45, 2.75) is 78.8 Å². The molecule has 42 heavy (non-hydrogen) atoms. The van der Waals surface area contributed by atoms with Gasteiger partial charge in [-0.25, -0.2) is 9.78 Å². The largest absolute Gasteiger partial charge is 0.507 e. The van der Waals surface area contributed by atoms with E-state index in [1.807, 2.05) is 28.6 Å². The molecule has 3 heterocycles. The molecule has 4 aromatic rings. The smallest absolute Gasteiger partial charge is 0.330 e. The van der Waals surface area contributed by atoms with Crippen molar-refractivity contribution < 1.29 is 9.90 Å². The number of hydrogen-bond donors (Lipinski definition) is 2. The Bertz CT molecular complexity index is 1610. The number of carbonyl (C=O) groups excluding carboxylic acids is 1. The molecule has 0 aliphatic heterocycles. The second kappa shape index (κ2) is 11.4. The summed E-state index contributed by atoms with van der Waals surface area (Å²) >= 11 is 0. The topological polar surface area (TPSA) is 107 Å². The Balaban J connectivity index is 1.37. The molecule has 9 heteroatoms. The van der Waals surface area contributed by atoms with Gasteiger partial charge in [0.15, 0.2) is 5.65 Å². The molecule has 1 aliphatic rings. The lowest BCUT2D eigenvalue weighted by Crippen LogP contribution is -2.37. The Hall–Kier alpha value is -3.88. The molecule has 0 saturated heterocycles. The second-order valence-corrected chi connectivity index (χ2v) is 13.8. The molecule has 9 nitrogen and oxygen atoms in total. The van der Waals surface area contributed by atoms with E-state index in [1.165, 1.54) is 6.07 Å². The van der Waals surface area contributed by atoms with Crippen LogP contribution in [0.1, 0.15) is 88.3 Å². The number of pyridine rings is 1. The minimum atomic E-state index is -0.299. The first-order valence-corrected chi connectivity index (χ1v) is 15.0. The van der Waals surface area contributed by atoms with Crippen molar-refractivity contribution >= 4 is 17.1 Å². The summed E-state index contributed by atoms with van der Waals surface area (Å²) in [6, 6.07) is 12.6. The predicted molar refractivity (Wildman–Crippen MR) is 165 cm³/mol. The third-order valence-corrected chi connectivity index (χ3v) is 8.97. The van der Waals surface area contributed by atoms with Crippen LogP contribution in [0.25, 0.3) is 11.2 Å². The maximum Gasteiger partial charge on any atom is 0.330 e. The van der Waals surface area contributed by atoms with Gasteiger partial charge in [-0.15, -0.1) is 0 Å². The van der Waals surface area contributed by atoms with Crippen LogP contribution in [0, 0.1) is 16.7 Å². The van der Waals surface area contributed by atoms with Crippen molar-refractivity contribution in [3.05, 3.63) is 76.6 Å². The summed E-state index contributed by atoms with van der Waals surface area (Å²) in [6.45, 7) is 12.1. The molecule has 2 N–H and O–H groups in total. The van der Waals surface area contributed by atoms with Crippen LogP contribution in [0.5, 0.6) is 5.75 Å². The number of para-hydroxylation sites is 1. The Labute approximate surface area is 247 Å². The summed E-state index contributed by atoms with van der Waals surface area (Å²) in [5.74, 6) is 0.312. The lowest BCUT2D eigenvalue weighted by atomic mass is 9.63. The maximum absolute atomic E-state index is 13.1. The molecule has 1 aromatic carbocycles. The molecule has 3 aromatic heterocycles. The normalized spacial score (nSPS) is 19.6. The van der Waals surface area contributed by atoms with Gasteiger partial charge in [0.05, 0.1) is 17.1 Å². The maximum atomic E-state index is 13.1. The highest BCUT2D eigenvalue weighted by molar-refractivity contribution is 5.96. The van der Waals surface area contributed by atoms with Crippen LogP contribution in [-0.4, -0.2) is 41.5 Å². The Kier molecular flexibility index (Phi) is 8.05. The number of nitrogens with one attached hydrogen (secondary N) is 1. The highest BCUT2D eigenvalue weighted by Crippen LogP contribution is 2.49. The van der Waals surface area contributed by atoms with Crippen LogP contribution in [0.15, 0.2) is 59.7 Å². The molecule has 3 unspecified atom stereocenters. The molecule has 1 fully saturated rings. The Morgan fingerprint density at radius 3 is 2.62 bits per heavy atom. The zero-order valence-electron chi connectivity index (χ0n) is 25.7. The summed E-state index contributed by atoms with van der Waals surface area (Å²) < 4.78 is 5.45. The SMILES string of the molecule is Cn1c(=O)n(CC(C)(C)C)c2ccc(C3CCC(C)(C)C(CC(CNC(=O)c4ccccc4O)n4cccn4)C3)nc21. The van der Waals surface area contributed by atoms with E-state index in [0.29, 0.717) is 19.0 Å². The molecule has 1 saturated carbocycles. The van der Waals surface area contributed by atoms with E-state index < -0.39 is 0 Å². The summed E-state index contributed by atoms with van der Waals surface area (Å²) in [6.07, 6.45) is 7.61. The average molecular weight is 573 g/mol. The van der Waals surface area contributed by atoms with Crippen LogP contribution in [0.3, 0.4) is 0 Å². The monoisotopic (exact) mass is 572 g/mol. The number of carbonyl (C=O) groups is 1. The number of phenolic OH excluding ortho intramolecular Hbond substituents is 1.